The van der Waals surface area contributed by atoms with Crippen molar-refractivity contribution in [1.29, 1.82) is 0 Å². The number of rotatable bonds is 5. The average Bonchev–Trinajstić information content (AvgIpc) is 2.74. The molecule has 1 amide bonds. The number of hydrogen-bond acceptors (Lipinski definition) is 7. The normalized spacial score (nSPS) is 17.1. The van der Waals surface area contributed by atoms with Gasteiger partial charge in [0.15, 0.2) is 5.65 Å². The molecule has 2 aromatic heterocycles. The minimum atomic E-state index is -0.0246. The summed E-state index contributed by atoms with van der Waals surface area (Å²) in [6.45, 7) is 3.85. The summed E-state index contributed by atoms with van der Waals surface area (Å²) in [7, 11) is 1.62. The van der Waals surface area contributed by atoms with Gasteiger partial charge in [0.05, 0.1) is 19.0 Å². The average molecular weight is 406 g/mol. The van der Waals surface area contributed by atoms with Crippen LogP contribution in [0.5, 0.6) is 5.75 Å². The van der Waals surface area contributed by atoms with E-state index in [4.69, 9.17) is 15.5 Å². The zero-order valence-electron chi connectivity index (χ0n) is 17.3. The van der Waals surface area contributed by atoms with Crippen LogP contribution in [0.3, 0.4) is 0 Å². The number of nitrogens with two attached hydrogens (primary N) is 1. The van der Waals surface area contributed by atoms with E-state index in [1.165, 1.54) is 0 Å². The van der Waals surface area contributed by atoms with Gasteiger partial charge in [-0.15, -0.1) is 0 Å². The number of fused-ring (bicyclic) bond motifs is 1. The topological polar surface area (TPSA) is 106 Å². The van der Waals surface area contributed by atoms with Crippen LogP contribution in [0.4, 0.5) is 11.5 Å². The minimum Gasteiger partial charge on any atom is -0.497 e. The van der Waals surface area contributed by atoms with Crippen LogP contribution in [0, 0.1) is 6.92 Å². The van der Waals surface area contributed by atoms with Crippen LogP contribution >= 0.6 is 0 Å². The van der Waals surface area contributed by atoms with Crippen molar-refractivity contribution in [2.24, 2.45) is 0 Å². The number of likely N-dealkylation sites (tertiary alicyclic amines) is 1. The van der Waals surface area contributed by atoms with Gasteiger partial charge in [-0.05, 0) is 62.7 Å². The van der Waals surface area contributed by atoms with Crippen molar-refractivity contribution in [3.05, 3.63) is 47.9 Å². The number of hydrogen-bond donors (Lipinski definition) is 2. The number of carbonyl (C=O) groups is 1. The predicted molar refractivity (Wildman–Crippen MR) is 117 cm³/mol. The van der Waals surface area contributed by atoms with Gasteiger partial charge in [0.25, 0.3) is 0 Å². The lowest BCUT2D eigenvalue weighted by Gasteiger charge is -2.32. The Balaban J connectivity index is 1.41. The SMILES string of the molecule is COc1ccc(NC(=O)CN2CCC[C@@H](c3ccc4c(N)nc(C)nc4n3)C2)cc1. The highest BCUT2D eigenvalue weighted by atomic mass is 16.5. The number of aryl methyl sites for hydroxylation is 1. The second kappa shape index (κ2) is 8.62. The highest BCUT2D eigenvalue weighted by Crippen LogP contribution is 2.27. The van der Waals surface area contributed by atoms with Crippen molar-refractivity contribution in [2.45, 2.75) is 25.7 Å². The molecule has 0 bridgehead atoms. The number of nitrogens with zero attached hydrogens (tertiary/aromatic N) is 4. The van der Waals surface area contributed by atoms with Crippen LogP contribution < -0.4 is 15.8 Å². The van der Waals surface area contributed by atoms with Crippen molar-refractivity contribution in [3.8, 4) is 5.75 Å². The lowest BCUT2D eigenvalue weighted by atomic mass is 9.94. The summed E-state index contributed by atoms with van der Waals surface area (Å²) in [4.78, 5) is 28.1. The Morgan fingerprint density at radius 3 is 2.77 bits per heavy atom. The lowest BCUT2D eigenvalue weighted by Crippen LogP contribution is -2.40. The maximum Gasteiger partial charge on any atom is 0.238 e. The fraction of sp³-hybridized carbons (Fsp3) is 0.364. The van der Waals surface area contributed by atoms with Crippen LogP contribution in [0.1, 0.15) is 30.3 Å². The molecule has 3 heterocycles. The molecule has 0 aliphatic carbocycles. The van der Waals surface area contributed by atoms with Gasteiger partial charge < -0.3 is 15.8 Å². The van der Waals surface area contributed by atoms with E-state index in [2.05, 4.69) is 20.2 Å². The van der Waals surface area contributed by atoms with Crippen LogP contribution in [0.2, 0.25) is 0 Å². The second-order valence-corrected chi connectivity index (χ2v) is 7.61. The Kier molecular flexibility index (Phi) is 5.76. The maximum atomic E-state index is 12.5. The van der Waals surface area contributed by atoms with E-state index in [-0.39, 0.29) is 11.8 Å². The van der Waals surface area contributed by atoms with E-state index in [0.29, 0.717) is 23.8 Å². The summed E-state index contributed by atoms with van der Waals surface area (Å²) in [5, 5.41) is 3.72. The van der Waals surface area contributed by atoms with Gasteiger partial charge in [-0.3, -0.25) is 9.69 Å². The Morgan fingerprint density at radius 2 is 2.00 bits per heavy atom. The summed E-state index contributed by atoms with van der Waals surface area (Å²) >= 11 is 0. The lowest BCUT2D eigenvalue weighted by molar-refractivity contribution is -0.117. The minimum absolute atomic E-state index is 0.0246. The Bertz CT molecular complexity index is 1050. The highest BCUT2D eigenvalue weighted by molar-refractivity contribution is 5.92. The highest BCUT2D eigenvalue weighted by Gasteiger charge is 2.24. The summed E-state index contributed by atoms with van der Waals surface area (Å²) in [6, 6.07) is 11.3. The number of amides is 1. The van der Waals surface area contributed by atoms with Gasteiger partial charge in [-0.2, -0.15) is 0 Å². The van der Waals surface area contributed by atoms with E-state index in [1.54, 1.807) is 7.11 Å². The molecule has 1 fully saturated rings. The first-order valence-corrected chi connectivity index (χ1v) is 10.1. The number of methoxy groups -OCH3 is 1. The molecule has 1 atom stereocenters. The van der Waals surface area contributed by atoms with Crippen molar-refractivity contribution < 1.29 is 9.53 Å². The van der Waals surface area contributed by atoms with Crippen molar-refractivity contribution in [3.63, 3.8) is 0 Å². The molecule has 3 N–H and O–H groups in total. The molecule has 1 aliphatic heterocycles. The molecule has 0 unspecified atom stereocenters. The van der Waals surface area contributed by atoms with Gasteiger partial charge in [0.2, 0.25) is 5.91 Å². The molecule has 1 aliphatic rings. The molecule has 8 heteroatoms. The van der Waals surface area contributed by atoms with Crippen LogP contribution in [0.25, 0.3) is 11.0 Å². The number of benzene rings is 1. The quantitative estimate of drug-likeness (QED) is 0.671. The van der Waals surface area contributed by atoms with Gasteiger partial charge in [-0.1, -0.05) is 0 Å². The summed E-state index contributed by atoms with van der Waals surface area (Å²) in [5.41, 5.74) is 8.37. The third kappa shape index (κ3) is 4.49. The Labute approximate surface area is 175 Å². The molecule has 0 radical (unpaired) electrons. The van der Waals surface area contributed by atoms with E-state index < -0.39 is 0 Å². The monoisotopic (exact) mass is 406 g/mol. The number of nitrogen functional groups attached to an aromatic ring is 1. The number of carbonyl (C=O) groups excluding carboxylic acids is 1. The maximum absolute atomic E-state index is 12.5. The van der Waals surface area contributed by atoms with Gasteiger partial charge >= 0.3 is 0 Å². The van der Waals surface area contributed by atoms with E-state index in [0.717, 1.165) is 48.4 Å². The fourth-order valence-electron chi connectivity index (χ4n) is 3.91. The Morgan fingerprint density at radius 1 is 1.20 bits per heavy atom. The summed E-state index contributed by atoms with van der Waals surface area (Å²) in [6.07, 6.45) is 2.06. The molecular weight excluding hydrogens is 380 g/mol. The molecule has 1 aromatic carbocycles. The zero-order valence-corrected chi connectivity index (χ0v) is 17.3. The third-order valence-corrected chi connectivity index (χ3v) is 5.39. The first-order valence-electron chi connectivity index (χ1n) is 10.1. The third-order valence-electron chi connectivity index (χ3n) is 5.39. The number of pyridine rings is 1. The molecule has 8 nitrogen and oxygen atoms in total. The largest absolute Gasteiger partial charge is 0.497 e. The van der Waals surface area contributed by atoms with Crippen molar-refractivity contribution >= 4 is 28.4 Å². The van der Waals surface area contributed by atoms with E-state index in [1.807, 2.05) is 43.3 Å². The zero-order chi connectivity index (χ0) is 21.1. The molecule has 0 spiro atoms. The van der Waals surface area contributed by atoms with E-state index in [9.17, 15) is 4.79 Å². The molecule has 0 saturated carbocycles. The molecule has 1 saturated heterocycles. The predicted octanol–water partition coefficient (Wildman–Crippen LogP) is 2.74. The van der Waals surface area contributed by atoms with Crippen LogP contribution in [0.15, 0.2) is 36.4 Å². The van der Waals surface area contributed by atoms with Gasteiger partial charge in [0, 0.05) is 23.8 Å². The smallest absolute Gasteiger partial charge is 0.238 e. The number of nitrogens with one attached hydrogen (secondary N) is 1. The molecular formula is C22H26N6O2. The second-order valence-electron chi connectivity index (χ2n) is 7.61. The number of ether oxygens (including phenoxy) is 1. The van der Waals surface area contributed by atoms with Gasteiger partial charge in [0.1, 0.15) is 17.4 Å². The van der Waals surface area contributed by atoms with Gasteiger partial charge in [-0.25, -0.2) is 15.0 Å². The first kappa shape index (κ1) is 20.0. The summed E-state index contributed by atoms with van der Waals surface area (Å²) in [5.74, 6) is 2.07. The fourth-order valence-corrected chi connectivity index (χ4v) is 3.91. The molecule has 3 aromatic rings. The first-order chi connectivity index (χ1) is 14.5. The molecule has 4 rings (SSSR count). The van der Waals surface area contributed by atoms with Crippen molar-refractivity contribution in [2.75, 3.05) is 37.8 Å². The molecule has 156 valence electrons. The Hall–Kier alpha value is -3.26. The summed E-state index contributed by atoms with van der Waals surface area (Å²) < 4.78 is 5.15. The van der Waals surface area contributed by atoms with E-state index >= 15 is 0 Å². The van der Waals surface area contributed by atoms with Crippen molar-refractivity contribution in [1.82, 2.24) is 19.9 Å². The number of anilines is 2. The van der Waals surface area contributed by atoms with Crippen LogP contribution in [-0.4, -0.2) is 52.5 Å². The standard InChI is InChI=1S/C22H26N6O2/c1-14-24-21(23)18-9-10-19(27-22(18)25-14)15-4-3-11-28(12-15)13-20(29)26-16-5-7-17(30-2)8-6-16/h5-10,15H,3-4,11-13H2,1-2H3,(H,26,29)(H2,23,24,25,27)/t15-/m1/s1. The number of piperidine rings is 1. The number of aromatic nitrogens is 3. The van der Waals surface area contributed by atoms with Crippen LogP contribution in [-0.2, 0) is 4.79 Å². The molecule has 30 heavy (non-hydrogen) atoms.